The predicted molar refractivity (Wildman–Crippen MR) is 340 cm³/mol. The third-order valence-corrected chi connectivity index (χ3v) is 16.8. The minimum Gasteiger partial charge on any atom is -0.481 e. The summed E-state index contributed by atoms with van der Waals surface area (Å²) in [7, 11) is 0. The smallest absolute Gasteiger partial charge is 0.326 e. The summed E-state index contributed by atoms with van der Waals surface area (Å²) in [5.41, 5.74) is 2.31. The Hall–Kier alpha value is -7.00. The molecule has 4 atom stereocenters. The Morgan fingerprint density at radius 1 is 0.692 bits per heavy atom. The number of aromatic nitrogens is 6. The van der Waals surface area contributed by atoms with Crippen molar-refractivity contribution in [3.8, 4) is 11.3 Å². The van der Waals surface area contributed by atoms with E-state index in [0.29, 0.717) is 57.7 Å². The number of nitrogens with one attached hydrogen (secondary N) is 3. The summed E-state index contributed by atoms with van der Waals surface area (Å²) in [5.74, 6) is -2.87. The number of likely N-dealkylation sites (tertiary alicyclic amines) is 1. The second-order valence-electron chi connectivity index (χ2n) is 23.9. The highest BCUT2D eigenvalue weighted by Gasteiger charge is 2.64. The number of unbranched alkanes of at least 4 members (excludes halogenated alkanes) is 13. The zero-order valence-electron chi connectivity index (χ0n) is 52.9. The monoisotopic (exact) mass is 1330 g/mol. The van der Waals surface area contributed by atoms with Crippen molar-refractivity contribution in [1.82, 2.24) is 45.2 Å². The van der Waals surface area contributed by atoms with E-state index < -0.39 is 24.0 Å². The van der Waals surface area contributed by atoms with E-state index in [0.717, 1.165) is 56.9 Å². The Labute approximate surface area is 540 Å². The van der Waals surface area contributed by atoms with E-state index in [9.17, 15) is 48.3 Å². The maximum atomic E-state index is 14.1. The predicted octanol–water partition coefficient (Wildman–Crippen LogP) is 8.28. The number of aliphatic carboxylic acids is 2. The van der Waals surface area contributed by atoms with Gasteiger partial charge in [-0.1, -0.05) is 90.0 Å². The lowest BCUT2D eigenvalue weighted by Gasteiger charge is -2.27. The van der Waals surface area contributed by atoms with E-state index in [1.165, 1.54) is 50.1 Å². The molecular formula is C65H91BrN10O15. The van der Waals surface area contributed by atoms with Gasteiger partial charge in [0.25, 0.3) is 0 Å². The molecule has 91 heavy (non-hydrogen) atoms. The molecule has 1 saturated heterocycles. The Morgan fingerprint density at radius 3 is 1.97 bits per heavy atom. The molecule has 4 aromatic heterocycles. The number of hydrogen-bond donors (Lipinski definition) is 5. The highest BCUT2D eigenvalue weighted by molar-refractivity contribution is 9.10. The van der Waals surface area contributed by atoms with E-state index in [-0.39, 0.29) is 169 Å². The van der Waals surface area contributed by atoms with Gasteiger partial charge in [-0.3, -0.25) is 48.0 Å². The van der Waals surface area contributed by atoms with Gasteiger partial charge in [0.1, 0.15) is 59.6 Å². The average Bonchev–Trinajstić information content (AvgIpc) is 1.55. The minimum absolute atomic E-state index is 0.0173. The van der Waals surface area contributed by atoms with Gasteiger partial charge in [0.05, 0.1) is 50.4 Å². The minimum atomic E-state index is -1.17. The fraction of sp³-hybridized carbons (Fsp3) is 0.631. The molecule has 0 aromatic carbocycles. The lowest BCUT2D eigenvalue weighted by molar-refractivity contribution is -0.142. The first-order chi connectivity index (χ1) is 43.8. The molecule has 0 bridgehead atoms. The molecule has 0 radical (unpaired) electrons. The molecule has 4 amide bonds. The van der Waals surface area contributed by atoms with Crippen LogP contribution in [0.3, 0.4) is 0 Å². The number of carbonyl (C=O) groups excluding carboxylic acids is 7. The quantitative estimate of drug-likeness (QED) is 0.0158. The third-order valence-electron chi connectivity index (χ3n) is 16.4. The maximum Gasteiger partial charge on any atom is 0.326 e. The van der Waals surface area contributed by atoms with Crippen LogP contribution >= 0.6 is 15.9 Å². The molecule has 25 nitrogen and oxygen atoms in total. The summed E-state index contributed by atoms with van der Waals surface area (Å²) in [6.07, 6.45) is 22.6. The Morgan fingerprint density at radius 2 is 1.32 bits per heavy atom. The van der Waals surface area contributed by atoms with Crippen LogP contribution in [0, 0.1) is 12.3 Å². The summed E-state index contributed by atoms with van der Waals surface area (Å²) in [6, 6.07) is 3.42. The number of ketones is 3. The summed E-state index contributed by atoms with van der Waals surface area (Å²) >= 11 is 3.36. The molecular weight excluding hydrogens is 1240 g/mol. The molecule has 0 spiro atoms. The van der Waals surface area contributed by atoms with Gasteiger partial charge in [-0.05, 0) is 84.5 Å². The second kappa shape index (κ2) is 38.8. The molecule has 1 aliphatic carbocycles. The van der Waals surface area contributed by atoms with Crippen molar-refractivity contribution in [2.75, 3.05) is 64.7 Å². The van der Waals surface area contributed by atoms with Crippen LogP contribution in [0.5, 0.6) is 0 Å². The molecule has 5 heterocycles. The number of carboxylic acids is 2. The van der Waals surface area contributed by atoms with Gasteiger partial charge in [0, 0.05) is 88.0 Å². The van der Waals surface area contributed by atoms with Crippen LogP contribution in [-0.4, -0.2) is 175 Å². The van der Waals surface area contributed by atoms with Crippen molar-refractivity contribution >= 4 is 85.6 Å². The number of amides is 4. The van der Waals surface area contributed by atoms with Crippen molar-refractivity contribution in [2.24, 2.45) is 5.41 Å². The number of ether oxygens (including phenoxy) is 4. The Balaban J connectivity index is 0.736. The fourth-order valence-electron chi connectivity index (χ4n) is 11.1. The van der Waals surface area contributed by atoms with Crippen LogP contribution < -0.4 is 16.0 Å². The van der Waals surface area contributed by atoms with Crippen LogP contribution in [0.1, 0.15) is 183 Å². The number of anilines is 1. The number of carboxylic acid groups (broad SMARTS) is 2. The zero-order valence-corrected chi connectivity index (χ0v) is 54.5. The van der Waals surface area contributed by atoms with Crippen molar-refractivity contribution in [1.29, 1.82) is 0 Å². The molecule has 498 valence electrons. The Kier molecular flexibility index (Phi) is 31.1. The van der Waals surface area contributed by atoms with Crippen LogP contribution in [0.4, 0.5) is 5.82 Å². The highest BCUT2D eigenvalue weighted by atomic mass is 79.9. The lowest BCUT2D eigenvalue weighted by atomic mass is 10.0. The molecule has 4 aromatic rings. The molecule has 26 heteroatoms. The van der Waals surface area contributed by atoms with Crippen molar-refractivity contribution in [2.45, 2.75) is 200 Å². The number of Topliss-reactive ketones (excluding diaryl/α,β-unsaturated/α-hetero) is 3. The third kappa shape index (κ3) is 25.5. The second-order valence-corrected chi connectivity index (χ2v) is 24.7. The number of aryl methyl sites for hydroxylation is 2. The van der Waals surface area contributed by atoms with Gasteiger partial charge in [-0.2, -0.15) is 5.10 Å². The number of pyridine rings is 2. The van der Waals surface area contributed by atoms with E-state index in [2.05, 4.69) is 63.8 Å². The van der Waals surface area contributed by atoms with Gasteiger partial charge in [-0.25, -0.2) is 19.7 Å². The topological polar surface area (TPSA) is 340 Å². The van der Waals surface area contributed by atoms with Crippen molar-refractivity contribution < 1.29 is 72.3 Å². The van der Waals surface area contributed by atoms with Gasteiger partial charge >= 0.3 is 11.9 Å². The first kappa shape index (κ1) is 73.1. The van der Waals surface area contributed by atoms with Crippen LogP contribution in [0.25, 0.3) is 22.2 Å². The number of nitrogens with zero attached hydrogens (tertiary/aromatic N) is 7. The molecule has 1 saturated carbocycles. The molecule has 6 rings (SSSR count). The molecule has 2 fully saturated rings. The Bertz CT molecular complexity index is 3070. The van der Waals surface area contributed by atoms with Crippen molar-refractivity contribution in [3.63, 3.8) is 0 Å². The number of halogens is 1. The summed E-state index contributed by atoms with van der Waals surface area (Å²) in [4.78, 5) is 132. The maximum absolute atomic E-state index is 14.1. The number of carbonyl (C=O) groups is 9. The molecule has 0 unspecified atom stereocenters. The summed E-state index contributed by atoms with van der Waals surface area (Å²) in [5, 5.41) is 31.5. The van der Waals surface area contributed by atoms with Gasteiger partial charge in [0.15, 0.2) is 11.6 Å². The van der Waals surface area contributed by atoms with Crippen molar-refractivity contribution in [3.05, 3.63) is 58.5 Å². The van der Waals surface area contributed by atoms with Crippen LogP contribution in [0.2, 0.25) is 0 Å². The number of hydrogen-bond acceptors (Lipinski definition) is 18. The SMILES string of the molecule is CC(=O)c1nn(CC(=O)N2[C@H](C(=O)Nc3nc(Br)ccc3C)C[C@@]3(C)C[C@@H]23)c2cnc(-c3cnc(CCC(=O)COCCOCCNC(=O)COCCOCCCC(=O)CC[C@H](NC(=O)CCCCCCCCCCCCCCCCC(=O)O)C(=O)O)nc3)cc12. The van der Waals surface area contributed by atoms with E-state index in [4.69, 9.17) is 24.1 Å². The lowest BCUT2D eigenvalue weighted by Crippen LogP contribution is -2.47. The van der Waals surface area contributed by atoms with Crippen LogP contribution in [0.15, 0.2) is 41.4 Å². The normalized spacial score (nSPS) is 16.1. The summed E-state index contributed by atoms with van der Waals surface area (Å²) < 4.78 is 23.9. The molecule has 2 aliphatic rings. The van der Waals surface area contributed by atoms with Gasteiger partial charge < -0.3 is 50.0 Å². The zero-order chi connectivity index (χ0) is 65.5. The van der Waals surface area contributed by atoms with Crippen LogP contribution in [-0.2, 0) is 70.3 Å². The number of fused-ring (bicyclic) bond motifs is 2. The standard InChI is InChI=1S/C65H91BrN10O15/c1-44-22-26-55(66)72-62(44)73-63(85)52-36-65(3)37-54(65)76(52)59(82)41-75-53-40-68-51(35-49(53)61(74-75)45(2)77)46-38-69-56(70-39-46)27-24-48(79)42-90-33-32-89-30-28-67-58(81)43-91-34-31-88-29-18-19-47(78)23-25-50(64(86)87)71-57(80)20-16-14-12-10-8-6-4-5-7-9-11-13-15-17-21-60(83)84/h22,26,35,38-40,50,52,54H,4-21,23-25,27-34,36-37,41-43H2,1-3H3,(H,67,81)(H,71,80)(H,83,84)(H,86,87)(H,72,73,85)/t50-,52-,54+,65-/m0/s1. The van der Waals surface area contributed by atoms with Gasteiger partial charge in [0.2, 0.25) is 23.6 Å². The number of piperidine rings is 1. The van der Waals surface area contributed by atoms with E-state index in [1.54, 1.807) is 35.6 Å². The first-order valence-corrected chi connectivity index (χ1v) is 32.9. The summed E-state index contributed by atoms with van der Waals surface area (Å²) in [6.45, 7) is 6.32. The molecule has 1 aliphatic heterocycles. The largest absolute Gasteiger partial charge is 0.481 e. The molecule has 5 N–H and O–H groups in total. The van der Waals surface area contributed by atoms with E-state index >= 15 is 0 Å². The van der Waals surface area contributed by atoms with Gasteiger partial charge in [-0.15, -0.1) is 0 Å². The highest BCUT2D eigenvalue weighted by Crippen LogP contribution is 2.59. The number of rotatable bonds is 48. The first-order valence-electron chi connectivity index (χ1n) is 32.1. The fourth-order valence-corrected chi connectivity index (χ4v) is 11.4. The van der Waals surface area contributed by atoms with E-state index in [1.807, 2.05) is 13.0 Å². The average molecular weight is 1330 g/mol.